The molecular weight excluding hydrogens is 469 g/mol. The zero-order valence-electron chi connectivity index (χ0n) is 19.5. The van der Waals surface area contributed by atoms with Crippen LogP contribution in [0.1, 0.15) is 49.3 Å². The lowest BCUT2D eigenvalue weighted by atomic mass is 9.90. The lowest BCUT2D eigenvalue weighted by Crippen LogP contribution is -2.56. The van der Waals surface area contributed by atoms with Gasteiger partial charge in [-0.3, -0.25) is 14.5 Å². The Hall–Kier alpha value is -2.74. The molecule has 1 aliphatic carbocycles. The Morgan fingerprint density at radius 3 is 2.43 bits per heavy atom. The number of nitrogens with zero attached hydrogens (tertiary/aromatic N) is 2. The third-order valence-corrected chi connectivity index (χ3v) is 7.69. The molecular formula is C27H29ClFN3O3. The highest BCUT2D eigenvalue weighted by Gasteiger charge is 2.55. The van der Waals surface area contributed by atoms with E-state index in [4.69, 9.17) is 11.6 Å². The molecule has 3 aliphatic rings. The Labute approximate surface area is 209 Å². The number of hydrogen-bond donors (Lipinski definition) is 2. The van der Waals surface area contributed by atoms with E-state index in [0.29, 0.717) is 5.69 Å². The average molecular weight is 498 g/mol. The number of imide groups is 1. The molecule has 2 heterocycles. The number of likely N-dealkylation sites (tertiary alicyclic amines) is 1. The van der Waals surface area contributed by atoms with Gasteiger partial charge in [0, 0.05) is 22.3 Å². The second kappa shape index (κ2) is 9.72. The van der Waals surface area contributed by atoms with Gasteiger partial charge in [0.15, 0.2) is 0 Å². The van der Waals surface area contributed by atoms with E-state index < -0.39 is 29.9 Å². The lowest BCUT2D eigenvalue weighted by molar-refractivity contribution is -0.143. The molecule has 2 amide bonds. The number of carbonyl (C=O) groups excluding carboxylic acids is 2. The molecule has 0 aromatic heterocycles. The minimum Gasteiger partial charge on any atom is -0.386 e. The van der Waals surface area contributed by atoms with E-state index in [2.05, 4.69) is 5.43 Å². The average Bonchev–Trinajstić information content (AvgIpc) is 3.11. The zero-order chi connectivity index (χ0) is 24.7. The monoisotopic (exact) mass is 497 g/mol. The first-order chi connectivity index (χ1) is 16.9. The molecule has 4 atom stereocenters. The van der Waals surface area contributed by atoms with Gasteiger partial charge in [0.2, 0.25) is 11.8 Å². The molecule has 5 rings (SSSR count). The van der Waals surface area contributed by atoms with Crippen molar-refractivity contribution in [3.63, 3.8) is 0 Å². The molecule has 2 aliphatic heterocycles. The zero-order valence-corrected chi connectivity index (χ0v) is 20.3. The van der Waals surface area contributed by atoms with Crippen molar-refractivity contribution < 1.29 is 19.1 Å². The number of hydrogen-bond acceptors (Lipinski definition) is 5. The standard InChI is InChI=1S/C27H29ClFN3O3/c1-16-10-12-17(13-11-16)30-32-22(25(33)23-20(28)8-5-9-21(23)29)15-14-19-24(32)27(35)31(26(19)34)18-6-3-2-4-7-18/h5,8-15,18-19,22,24-25,30,33H,2-4,6-7H2,1H3. The fraction of sp³-hybridized carbons (Fsp3) is 0.407. The Morgan fingerprint density at radius 1 is 1.03 bits per heavy atom. The number of fused-ring (bicyclic) bond motifs is 1. The number of aliphatic hydroxyl groups is 1. The summed E-state index contributed by atoms with van der Waals surface area (Å²) in [4.78, 5) is 28.6. The van der Waals surface area contributed by atoms with Crippen LogP contribution in [0.15, 0.2) is 54.6 Å². The Balaban J connectivity index is 1.53. The normalized spacial score (nSPS) is 26.2. The van der Waals surface area contributed by atoms with Gasteiger partial charge in [0.1, 0.15) is 18.0 Å². The Bertz CT molecular complexity index is 1130. The molecule has 4 unspecified atom stereocenters. The third kappa shape index (κ3) is 4.37. The van der Waals surface area contributed by atoms with E-state index >= 15 is 0 Å². The molecule has 35 heavy (non-hydrogen) atoms. The van der Waals surface area contributed by atoms with E-state index in [9.17, 15) is 19.1 Å². The number of nitrogens with one attached hydrogen (secondary N) is 1. The first-order valence-corrected chi connectivity index (χ1v) is 12.5. The van der Waals surface area contributed by atoms with Gasteiger partial charge in [-0.05, 0) is 44.0 Å². The summed E-state index contributed by atoms with van der Waals surface area (Å²) in [5.41, 5.74) is 4.97. The fourth-order valence-electron chi connectivity index (χ4n) is 5.53. The van der Waals surface area contributed by atoms with E-state index in [0.717, 1.165) is 37.7 Å². The topological polar surface area (TPSA) is 72.9 Å². The van der Waals surface area contributed by atoms with Crippen LogP contribution < -0.4 is 5.43 Å². The van der Waals surface area contributed by atoms with Gasteiger partial charge < -0.3 is 10.5 Å². The van der Waals surface area contributed by atoms with Crippen molar-refractivity contribution >= 4 is 29.1 Å². The summed E-state index contributed by atoms with van der Waals surface area (Å²) in [5.74, 6) is -1.81. The van der Waals surface area contributed by atoms with Crippen LogP contribution in [0.2, 0.25) is 5.02 Å². The first-order valence-electron chi connectivity index (χ1n) is 12.2. The Morgan fingerprint density at radius 2 is 1.74 bits per heavy atom. The Kier molecular flexibility index (Phi) is 6.66. The predicted molar refractivity (Wildman–Crippen MR) is 132 cm³/mol. The second-order valence-electron chi connectivity index (χ2n) is 9.65. The smallest absolute Gasteiger partial charge is 0.249 e. The lowest BCUT2D eigenvalue weighted by Gasteiger charge is -2.41. The highest BCUT2D eigenvalue weighted by atomic mass is 35.5. The molecule has 0 bridgehead atoms. The number of carbonyl (C=O) groups is 2. The van der Waals surface area contributed by atoms with Gasteiger partial charge in [0.25, 0.3) is 0 Å². The van der Waals surface area contributed by atoms with Crippen LogP contribution in [0.4, 0.5) is 10.1 Å². The van der Waals surface area contributed by atoms with E-state index in [1.165, 1.54) is 23.1 Å². The number of rotatable bonds is 5. The van der Waals surface area contributed by atoms with Crippen LogP contribution in [-0.2, 0) is 9.59 Å². The quantitative estimate of drug-likeness (QED) is 0.459. The fourth-order valence-corrected chi connectivity index (χ4v) is 5.81. The number of anilines is 1. The summed E-state index contributed by atoms with van der Waals surface area (Å²) in [6, 6.07) is 10.0. The van der Waals surface area contributed by atoms with Crippen molar-refractivity contribution in [3.05, 3.63) is 76.6 Å². The number of halogens is 2. The molecule has 8 heteroatoms. The minimum absolute atomic E-state index is 0.0427. The van der Waals surface area contributed by atoms with Crippen LogP contribution in [0.5, 0.6) is 0 Å². The molecule has 6 nitrogen and oxygen atoms in total. The molecule has 0 spiro atoms. The van der Waals surface area contributed by atoms with Crippen LogP contribution in [0.25, 0.3) is 0 Å². The van der Waals surface area contributed by atoms with Crippen LogP contribution in [0.3, 0.4) is 0 Å². The van der Waals surface area contributed by atoms with Crippen molar-refractivity contribution in [3.8, 4) is 0 Å². The maximum Gasteiger partial charge on any atom is 0.249 e. The summed E-state index contributed by atoms with van der Waals surface area (Å²) in [6.45, 7) is 1.97. The van der Waals surface area contributed by atoms with Crippen LogP contribution >= 0.6 is 11.6 Å². The van der Waals surface area contributed by atoms with Crippen LogP contribution in [-0.4, -0.2) is 45.0 Å². The SMILES string of the molecule is Cc1ccc(NN2C(C(O)c3c(F)cccc3Cl)C=CC3C(=O)N(C4CCCCC4)C(=O)C32)cc1. The molecule has 184 valence electrons. The molecule has 1 saturated heterocycles. The van der Waals surface area contributed by atoms with E-state index in [1.54, 1.807) is 17.2 Å². The molecule has 2 aromatic rings. The number of amides is 2. The largest absolute Gasteiger partial charge is 0.386 e. The molecule has 2 N–H and O–H groups in total. The molecule has 2 aromatic carbocycles. The van der Waals surface area contributed by atoms with E-state index in [-0.39, 0.29) is 28.4 Å². The van der Waals surface area contributed by atoms with Gasteiger partial charge in [-0.25, -0.2) is 9.40 Å². The van der Waals surface area contributed by atoms with Crippen molar-refractivity contribution in [1.82, 2.24) is 9.91 Å². The molecule has 1 saturated carbocycles. The number of aryl methyl sites for hydroxylation is 1. The highest BCUT2D eigenvalue weighted by Crippen LogP contribution is 2.40. The van der Waals surface area contributed by atoms with Gasteiger partial charge in [-0.1, -0.05) is 66.8 Å². The molecule has 0 radical (unpaired) electrons. The predicted octanol–water partition coefficient (Wildman–Crippen LogP) is 4.77. The maximum atomic E-state index is 14.7. The number of aliphatic hydroxyl groups excluding tert-OH is 1. The van der Waals surface area contributed by atoms with Gasteiger partial charge >= 0.3 is 0 Å². The second-order valence-corrected chi connectivity index (χ2v) is 10.1. The third-order valence-electron chi connectivity index (χ3n) is 7.36. The highest BCUT2D eigenvalue weighted by molar-refractivity contribution is 6.31. The summed E-state index contributed by atoms with van der Waals surface area (Å²) in [7, 11) is 0. The van der Waals surface area contributed by atoms with Crippen molar-refractivity contribution in [2.45, 2.75) is 63.3 Å². The van der Waals surface area contributed by atoms with Crippen molar-refractivity contribution in [2.75, 3.05) is 5.43 Å². The van der Waals surface area contributed by atoms with E-state index in [1.807, 2.05) is 31.2 Å². The maximum absolute atomic E-state index is 14.7. The summed E-state index contributed by atoms with van der Waals surface area (Å²) < 4.78 is 14.7. The summed E-state index contributed by atoms with van der Waals surface area (Å²) in [6.07, 6.45) is 6.70. The molecule has 2 fully saturated rings. The van der Waals surface area contributed by atoms with Gasteiger partial charge in [-0.15, -0.1) is 0 Å². The summed E-state index contributed by atoms with van der Waals surface area (Å²) in [5, 5.41) is 13.0. The van der Waals surface area contributed by atoms with Crippen molar-refractivity contribution in [1.29, 1.82) is 0 Å². The van der Waals surface area contributed by atoms with Gasteiger partial charge in [0.05, 0.1) is 12.0 Å². The minimum atomic E-state index is -1.37. The number of hydrazine groups is 1. The summed E-state index contributed by atoms with van der Waals surface area (Å²) >= 11 is 6.26. The number of benzene rings is 2. The van der Waals surface area contributed by atoms with Crippen molar-refractivity contribution in [2.24, 2.45) is 5.92 Å². The first kappa shape index (κ1) is 24.0. The van der Waals surface area contributed by atoms with Crippen LogP contribution in [0, 0.1) is 18.7 Å². The van der Waals surface area contributed by atoms with Gasteiger partial charge in [-0.2, -0.15) is 0 Å².